The van der Waals surface area contributed by atoms with Gasteiger partial charge >= 0.3 is 6.18 Å². The zero-order valence-electron chi connectivity index (χ0n) is 11.1. The number of halogens is 3. The lowest BCUT2D eigenvalue weighted by molar-refractivity contribution is -0.137. The van der Waals surface area contributed by atoms with Crippen molar-refractivity contribution in [2.45, 2.75) is 32.5 Å². The van der Waals surface area contributed by atoms with E-state index in [4.69, 9.17) is 5.11 Å². The van der Waals surface area contributed by atoms with E-state index in [0.717, 1.165) is 11.8 Å². The fourth-order valence-electron chi connectivity index (χ4n) is 1.89. The zero-order valence-corrected chi connectivity index (χ0v) is 11.1. The summed E-state index contributed by atoms with van der Waals surface area (Å²) in [6.45, 7) is 3.41. The minimum absolute atomic E-state index is 0.0402. The molecule has 20 heavy (non-hydrogen) atoms. The number of rotatable bonds is 3. The van der Waals surface area contributed by atoms with Crippen molar-refractivity contribution in [2.24, 2.45) is 0 Å². The molecule has 1 heterocycles. The number of aliphatic hydroxyl groups is 1. The second-order valence-corrected chi connectivity index (χ2v) is 4.85. The number of aromatic nitrogens is 2. The van der Waals surface area contributed by atoms with Crippen LogP contribution in [0.5, 0.6) is 0 Å². The van der Waals surface area contributed by atoms with E-state index in [1.807, 2.05) is 13.8 Å². The number of benzene rings is 1. The van der Waals surface area contributed by atoms with Gasteiger partial charge in [-0.1, -0.05) is 19.9 Å². The number of hydrogen-bond acceptors (Lipinski definition) is 2. The van der Waals surface area contributed by atoms with Crippen LogP contribution in [0.15, 0.2) is 30.5 Å². The van der Waals surface area contributed by atoms with Gasteiger partial charge in [0, 0.05) is 6.20 Å². The minimum atomic E-state index is -4.50. The van der Waals surface area contributed by atoms with Gasteiger partial charge in [-0.3, -0.25) is 0 Å². The number of alkyl halides is 3. The highest BCUT2D eigenvalue weighted by Gasteiger charge is 2.34. The van der Waals surface area contributed by atoms with Crippen LogP contribution in [0.3, 0.4) is 0 Å². The summed E-state index contributed by atoms with van der Waals surface area (Å²) in [6, 6.07) is 5.43. The highest BCUT2D eigenvalue weighted by atomic mass is 19.4. The molecule has 1 N–H and O–H groups in total. The Labute approximate surface area is 114 Å². The first-order valence-electron chi connectivity index (χ1n) is 6.20. The third kappa shape index (κ3) is 2.85. The Kier molecular flexibility index (Phi) is 3.85. The van der Waals surface area contributed by atoms with Crippen LogP contribution in [-0.4, -0.2) is 14.9 Å². The summed E-state index contributed by atoms with van der Waals surface area (Å²) in [7, 11) is 0. The lowest BCUT2D eigenvalue weighted by Crippen LogP contribution is -2.12. The zero-order chi connectivity index (χ0) is 14.9. The molecule has 0 spiro atoms. The molecule has 108 valence electrons. The van der Waals surface area contributed by atoms with Crippen molar-refractivity contribution in [1.82, 2.24) is 9.78 Å². The molecule has 1 aromatic carbocycles. The Balaban J connectivity index is 2.54. The number of aliphatic hydroxyl groups excluding tert-OH is 1. The highest BCUT2D eigenvalue weighted by molar-refractivity contribution is 5.45. The molecule has 0 unspecified atom stereocenters. The molecule has 0 saturated carbocycles. The maximum Gasteiger partial charge on any atom is 0.418 e. The summed E-state index contributed by atoms with van der Waals surface area (Å²) in [4.78, 5) is 0. The molecule has 0 radical (unpaired) electrons. The molecule has 1 aromatic heterocycles. The molecule has 0 atom stereocenters. The Morgan fingerprint density at radius 3 is 2.45 bits per heavy atom. The molecule has 0 saturated heterocycles. The van der Waals surface area contributed by atoms with Crippen molar-refractivity contribution in [1.29, 1.82) is 0 Å². The van der Waals surface area contributed by atoms with Gasteiger partial charge in [-0.15, -0.1) is 0 Å². The van der Waals surface area contributed by atoms with Crippen LogP contribution in [0.1, 0.15) is 36.6 Å². The van der Waals surface area contributed by atoms with Crippen molar-refractivity contribution in [3.63, 3.8) is 0 Å². The standard InChI is InChI=1S/C14H15F3N2O/c1-9(2)12-5-6-19(18-12)13-4-3-10(8-20)7-11(13)14(15,16)17/h3-7,9,20H,8H2,1-2H3. The summed E-state index contributed by atoms with van der Waals surface area (Å²) in [5, 5.41) is 13.1. The first kappa shape index (κ1) is 14.6. The molecule has 2 aromatic rings. The second-order valence-electron chi connectivity index (χ2n) is 4.85. The fraction of sp³-hybridized carbons (Fsp3) is 0.357. The quantitative estimate of drug-likeness (QED) is 0.936. The average molecular weight is 284 g/mol. The van der Waals surface area contributed by atoms with Crippen molar-refractivity contribution >= 4 is 0 Å². The van der Waals surface area contributed by atoms with Crippen LogP contribution in [0.2, 0.25) is 0 Å². The van der Waals surface area contributed by atoms with E-state index < -0.39 is 18.3 Å². The molecule has 0 amide bonds. The summed E-state index contributed by atoms with van der Waals surface area (Å²) >= 11 is 0. The van der Waals surface area contributed by atoms with Crippen LogP contribution >= 0.6 is 0 Å². The van der Waals surface area contributed by atoms with Crippen molar-refractivity contribution in [2.75, 3.05) is 0 Å². The van der Waals surface area contributed by atoms with E-state index in [0.29, 0.717) is 0 Å². The number of hydrogen-bond donors (Lipinski definition) is 1. The van der Waals surface area contributed by atoms with Crippen LogP contribution in [0, 0.1) is 0 Å². The third-order valence-electron chi connectivity index (χ3n) is 3.00. The van der Waals surface area contributed by atoms with Gasteiger partial charge in [0.15, 0.2) is 0 Å². The second kappa shape index (κ2) is 5.28. The van der Waals surface area contributed by atoms with E-state index in [9.17, 15) is 13.2 Å². The fourth-order valence-corrected chi connectivity index (χ4v) is 1.89. The SMILES string of the molecule is CC(C)c1ccn(-c2ccc(CO)cc2C(F)(F)F)n1. The largest absolute Gasteiger partial charge is 0.418 e. The highest BCUT2D eigenvalue weighted by Crippen LogP contribution is 2.34. The Morgan fingerprint density at radius 1 is 1.25 bits per heavy atom. The molecule has 0 aliphatic rings. The summed E-state index contributed by atoms with van der Waals surface area (Å²) in [5.74, 6) is 0.141. The predicted octanol–water partition coefficient (Wildman–Crippen LogP) is 3.51. The molecule has 6 heteroatoms. The van der Waals surface area contributed by atoms with Gasteiger partial charge in [0.2, 0.25) is 0 Å². The van der Waals surface area contributed by atoms with Crippen LogP contribution in [-0.2, 0) is 12.8 Å². The lowest BCUT2D eigenvalue weighted by Gasteiger charge is -2.14. The first-order valence-corrected chi connectivity index (χ1v) is 6.20. The average Bonchev–Trinajstić information content (AvgIpc) is 2.86. The van der Waals surface area contributed by atoms with Gasteiger partial charge in [0.05, 0.1) is 23.6 Å². The molecule has 3 nitrogen and oxygen atoms in total. The maximum absolute atomic E-state index is 13.1. The van der Waals surface area contributed by atoms with Gasteiger partial charge in [-0.2, -0.15) is 18.3 Å². The molecular formula is C14H15F3N2O. The first-order chi connectivity index (χ1) is 9.32. The van der Waals surface area contributed by atoms with E-state index in [-0.39, 0.29) is 17.2 Å². The lowest BCUT2D eigenvalue weighted by atomic mass is 10.1. The smallest absolute Gasteiger partial charge is 0.392 e. The van der Waals surface area contributed by atoms with Crippen LogP contribution in [0.4, 0.5) is 13.2 Å². The van der Waals surface area contributed by atoms with E-state index >= 15 is 0 Å². The van der Waals surface area contributed by atoms with Gasteiger partial charge < -0.3 is 5.11 Å². The van der Waals surface area contributed by atoms with Gasteiger partial charge in [-0.25, -0.2) is 4.68 Å². The molecule has 0 fully saturated rings. The normalized spacial score (nSPS) is 12.2. The summed E-state index contributed by atoms with van der Waals surface area (Å²) < 4.78 is 40.5. The van der Waals surface area contributed by atoms with Crippen molar-refractivity contribution in [3.05, 3.63) is 47.3 Å². The topological polar surface area (TPSA) is 38.0 Å². The molecule has 0 aliphatic heterocycles. The summed E-state index contributed by atoms with van der Waals surface area (Å²) in [5.41, 5.74) is 0.103. The van der Waals surface area contributed by atoms with Gasteiger partial charge in [0.25, 0.3) is 0 Å². The molecule has 2 rings (SSSR count). The Bertz CT molecular complexity index is 603. The molecular weight excluding hydrogens is 269 g/mol. The third-order valence-corrected chi connectivity index (χ3v) is 3.00. The molecule has 0 aliphatic carbocycles. The Morgan fingerprint density at radius 2 is 1.95 bits per heavy atom. The summed E-state index contributed by atoms with van der Waals surface area (Å²) in [6.07, 6.45) is -2.98. The minimum Gasteiger partial charge on any atom is -0.392 e. The van der Waals surface area contributed by atoms with Gasteiger partial charge in [-0.05, 0) is 29.7 Å². The van der Waals surface area contributed by atoms with Crippen LogP contribution in [0.25, 0.3) is 5.69 Å². The van der Waals surface area contributed by atoms with E-state index in [2.05, 4.69) is 5.10 Å². The monoisotopic (exact) mass is 284 g/mol. The van der Waals surface area contributed by atoms with Crippen molar-refractivity contribution < 1.29 is 18.3 Å². The maximum atomic E-state index is 13.1. The van der Waals surface area contributed by atoms with Gasteiger partial charge in [0.1, 0.15) is 0 Å². The van der Waals surface area contributed by atoms with E-state index in [1.54, 1.807) is 6.07 Å². The predicted molar refractivity (Wildman–Crippen MR) is 68.6 cm³/mol. The molecule has 0 bridgehead atoms. The van der Waals surface area contributed by atoms with Crippen molar-refractivity contribution in [3.8, 4) is 5.69 Å². The number of nitrogens with zero attached hydrogens (tertiary/aromatic N) is 2. The van der Waals surface area contributed by atoms with Crippen LogP contribution < -0.4 is 0 Å². The Hall–Kier alpha value is -1.82. The van der Waals surface area contributed by atoms with E-state index in [1.165, 1.54) is 23.0 Å².